The van der Waals surface area contributed by atoms with Crippen LogP contribution in [0.1, 0.15) is 18.0 Å². The first kappa shape index (κ1) is 17.5. The topological polar surface area (TPSA) is 58.6 Å². The van der Waals surface area contributed by atoms with Crippen LogP contribution in [-0.2, 0) is 9.84 Å². The molecule has 0 spiro atoms. The number of benzene rings is 2. The number of nitrogens with zero attached hydrogens (tertiary/aromatic N) is 1. The van der Waals surface area contributed by atoms with Gasteiger partial charge in [-0.15, -0.1) is 0 Å². The standard InChI is InChI=1S/C19H21FN2O3S/c20-14-1-3-15(4-2-14)26(23,24)16-5-6-17-18(7-12-25-19(17)13-16)22-10-8-21-9-11-22/h1-6,13,18,21H,7-12H2. The van der Waals surface area contributed by atoms with Crippen molar-refractivity contribution in [3.8, 4) is 5.75 Å². The van der Waals surface area contributed by atoms with Gasteiger partial charge >= 0.3 is 0 Å². The van der Waals surface area contributed by atoms with Crippen molar-refractivity contribution in [2.45, 2.75) is 22.3 Å². The van der Waals surface area contributed by atoms with Gasteiger partial charge in [-0.25, -0.2) is 12.8 Å². The number of hydrogen-bond donors (Lipinski definition) is 1. The van der Waals surface area contributed by atoms with Crippen LogP contribution >= 0.6 is 0 Å². The molecule has 2 aromatic rings. The van der Waals surface area contributed by atoms with E-state index >= 15 is 0 Å². The maximum Gasteiger partial charge on any atom is 0.206 e. The number of sulfone groups is 1. The van der Waals surface area contributed by atoms with Crippen LogP contribution in [0.25, 0.3) is 0 Å². The summed E-state index contributed by atoms with van der Waals surface area (Å²) in [6, 6.07) is 10.2. The molecule has 138 valence electrons. The van der Waals surface area contributed by atoms with E-state index in [2.05, 4.69) is 10.2 Å². The first-order valence-electron chi connectivity index (χ1n) is 8.78. The van der Waals surface area contributed by atoms with Crippen molar-refractivity contribution >= 4 is 9.84 Å². The Labute approximate surface area is 152 Å². The average molecular weight is 376 g/mol. The van der Waals surface area contributed by atoms with Gasteiger partial charge < -0.3 is 10.1 Å². The van der Waals surface area contributed by atoms with Gasteiger partial charge in [0.2, 0.25) is 9.84 Å². The van der Waals surface area contributed by atoms with E-state index in [0.29, 0.717) is 12.4 Å². The van der Waals surface area contributed by atoms with Crippen LogP contribution in [0.15, 0.2) is 52.3 Å². The lowest BCUT2D eigenvalue weighted by Crippen LogP contribution is -2.46. The van der Waals surface area contributed by atoms with E-state index in [-0.39, 0.29) is 15.8 Å². The third-order valence-electron chi connectivity index (χ3n) is 5.02. The third-order valence-corrected chi connectivity index (χ3v) is 6.79. The van der Waals surface area contributed by atoms with Crippen molar-refractivity contribution in [3.63, 3.8) is 0 Å². The van der Waals surface area contributed by atoms with Crippen LogP contribution in [0, 0.1) is 5.82 Å². The second-order valence-electron chi connectivity index (χ2n) is 6.60. The highest BCUT2D eigenvalue weighted by Crippen LogP contribution is 2.38. The number of rotatable bonds is 3. The Morgan fingerprint density at radius 3 is 2.46 bits per heavy atom. The Balaban J connectivity index is 1.67. The predicted octanol–water partition coefficient (Wildman–Crippen LogP) is 2.39. The lowest BCUT2D eigenvalue weighted by molar-refractivity contribution is 0.126. The summed E-state index contributed by atoms with van der Waals surface area (Å²) in [5.41, 5.74) is 1.04. The monoisotopic (exact) mass is 376 g/mol. The third kappa shape index (κ3) is 3.22. The lowest BCUT2D eigenvalue weighted by Gasteiger charge is -2.38. The van der Waals surface area contributed by atoms with E-state index in [4.69, 9.17) is 4.74 Å². The summed E-state index contributed by atoms with van der Waals surface area (Å²) >= 11 is 0. The van der Waals surface area contributed by atoms with Crippen molar-refractivity contribution in [1.82, 2.24) is 10.2 Å². The zero-order valence-corrected chi connectivity index (χ0v) is 15.1. The van der Waals surface area contributed by atoms with E-state index in [1.165, 1.54) is 12.1 Å². The Kier molecular flexibility index (Phi) is 4.69. The summed E-state index contributed by atoms with van der Waals surface area (Å²) < 4.78 is 44.5. The maximum atomic E-state index is 13.1. The fourth-order valence-electron chi connectivity index (χ4n) is 3.64. The van der Waals surface area contributed by atoms with Crippen LogP contribution in [0.3, 0.4) is 0 Å². The second kappa shape index (κ2) is 6.98. The molecule has 0 aliphatic carbocycles. The summed E-state index contributed by atoms with van der Waals surface area (Å²) in [6.45, 7) is 4.44. The molecule has 1 atom stereocenters. The molecule has 0 aromatic heterocycles. The molecule has 0 saturated carbocycles. The first-order valence-corrected chi connectivity index (χ1v) is 10.3. The smallest absolute Gasteiger partial charge is 0.206 e. The van der Waals surface area contributed by atoms with Crippen molar-refractivity contribution in [1.29, 1.82) is 0 Å². The van der Waals surface area contributed by atoms with Gasteiger partial charge in [0.1, 0.15) is 11.6 Å². The van der Waals surface area contributed by atoms with Crippen molar-refractivity contribution in [3.05, 3.63) is 53.8 Å². The summed E-state index contributed by atoms with van der Waals surface area (Å²) in [5, 5.41) is 3.35. The molecule has 1 saturated heterocycles. The molecule has 0 amide bonds. The molecular formula is C19H21FN2O3S. The fourth-order valence-corrected chi connectivity index (χ4v) is 4.92. The minimum atomic E-state index is -3.70. The molecular weight excluding hydrogens is 355 g/mol. The molecule has 4 rings (SSSR count). The lowest BCUT2D eigenvalue weighted by atomic mass is 9.98. The van der Waals surface area contributed by atoms with Crippen LogP contribution in [0.5, 0.6) is 5.75 Å². The van der Waals surface area contributed by atoms with E-state index in [0.717, 1.165) is 50.3 Å². The molecule has 1 unspecified atom stereocenters. The van der Waals surface area contributed by atoms with Gasteiger partial charge in [0.05, 0.1) is 16.4 Å². The first-order chi connectivity index (χ1) is 12.6. The molecule has 1 N–H and O–H groups in total. The summed E-state index contributed by atoms with van der Waals surface area (Å²) in [5.74, 6) is 0.166. The van der Waals surface area contributed by atoms with E-state index in [1.54, 1.807) is 12.1 Å². The normalized spacial score (nSPS) is 21.0. The number of piperazine rings is 1. The minimum absolute atomic E-state index is 0.0771. The van der Waals surface area contributed by atoms with Gasteiger partial charge in [0, 0.05) is 44.2 Å². The average Bonchev–Trinajstić information content (AvgIpc) is 2.68. The second-order valence-corrected chi connectivity index (χ2v) is 8.55. The quantitative estimate of drug-likeness (QED) is 0.834. The van der Waals surface area contributed by atoms with Crippen molar-refractivity contribution < 1.29 is 17.5 Å². The van der Waals surface area contributed by atoms with Gasteiger partial charge in [-0.3, -0.25) is 4.90 Å². The largest absolute Gasteiger partial charge is 0.493 e. The number of halogens is 1. The fraction of sp³-hybridized carbons (Fsp3) is 0.368. The molecule has 1 fully saturated rings. The maximum absolute atomic E-state index is 13.1. The highest BCUT2D eigenvalue weighted by atomic mass is 32.2. The zero-order valence-electron chi connectivity index (χ0n) is 14.3. The molecule has 2 heterocycles. The highest BCUT2D eigenvalue weighted by Gasteiger charge is 2.29. The predicted molar refractivity (Wildman–Crippen MR) is 95.6 cm³/mol. The molecule has 2 aromatic carbocycles. The Hall–Kier alpha value is -1.96. The molecule has 7 heteroatoms. The summed E-state index contributed by atoms with van der Waals surface area (Å²) in [7, 11) is -3.70. The molecule has 5 nitrogen and oxygen atoms in total. The highest BCUT2D eigenvalue weighted by molar-refractivity contribution is 7.91. The van der Waals surface area contributed by atoms with Gasteiger partial charge in [0.25, 0.3) is 0 Å². The summed E-state index contributed by atoms with van der Waals surface area (Å²) in [6.07, 6.45) is 0.900. The van der Waals surface area contributed by atoms with E-state index < -0.39 is 15.7 Å². The summed E-state index contributed by atoms with van der Waals surface area (Å²) in [4.78, 5) is 2.67. The molecule has 2 aliphatic heterocycles. The van der Waals surface area contributed by atoms with Crippen LogP contribution in [0.2, 0.25) is 0 Å². The SMILES string of the molecule is O=S(=O)(c1ccc(F)cc1)c1ccc2c(c1)OCCC2N1CCNCC1. The number of fused-ring (bicyclic) bond motifs is 1. The Morgan fingerprint density at radius 1 is 1.04 bits per heavy atom. The van der Waals surface area contributed by atoms with E-state index in [9.17, 15) is 12.8 Å². The Bertz CT molecular complexity index is 894. The van der Waals surface area contributed by atoms with Crippen LogP contribution < -0.4 is 10.1 Å². The van der Waals surface area contributed by atoms with Crippen molar-refractivity contribution in [2.24, 2.45) is 0 Å². The molecule has 26 heavy (non-hydrogen) atoms. The van der Waals surface area contributed by atoms with Gasteiger partial charge in [-0.2, -0.15) is 0 Å². The van der Waals surface area contributed by atoms with Crippen LogP contribution in [-0.4, -0.2) is 46.1 Å². The van der Waals surface area contributed by atoms with Crippen LogP contribution in [0.4, 0.5) is 4.39 Å². The van der Waals surface area contributed by atoms with E-state index in [1.807, 2.05) is 6.07 Å². The van der Waals surface area contributed by atoms with Gasteiger partial charge in [-0.1, -0.05) is 6.07 Å². The zero-order chi connectivity index (χ0) is 18.1. The number of ether oxygens (including phenoxy) is 1. The number of nitrogens with one attached hydrogen (secondary N) is 1. The molecule has 0 radical (unpaired) electrons. The number of hydrogen-bond acceptors (Lipinski definition) is 5. The van der Waals surface area contributed by atoms with Crippen molar-refractivity contribution in [2.75, 3.05) is 32.8 Å². The molecule has 0 bridgehead atoms. The molecule has 2 aliphatic rings. The van der Waals surface area contributed by atoms with Gasteiger partial charge in [0.15, 0.2) is 0 Å². The Morgan fingerprint density at radius 2 is 1.73 bits per heavy atom. The minimum Gasteiger partial charge on any atom is -0.493 e. The van der Waals surface area contributed by atoms with Gasteiger partial charge in [-0.05, 0) is 36.4 Å².